The van der Waals surface area contributed by atoms with Gasteiger partial charge < -0.3 is 19.5 Å². The van der Waals surface area contributed by atoms with E-state index in [-0.39, 0.29) is 5.92 Å². The van der Waals surface area contributed by atoms with E-state index < -0.39 is 0 Å². The standard InChI is InChI=1S/C20H31N5O2/c1-6-21-20(25(4)14-16-9-11-17(26-5)12-10-16)22-13-7-8-18-23-19(15(2)3)24-27-18/h9-12,15H,6-8,13-14H2,1-5H3,(H,21,22). The first-order valence-corrected chi connectivity index (χ1v) is 9.48. The monoisotopic (exact) mass is 373 g/mol. The van der Waals surface area contributed by atoms with Crippen LogP contribution in [0.5, 0.6) is 5.75 Å². The van der Waals surface area contributed by atoms with E-state index >= 15 is 0 Å². The second-order valence-corrected chi connectivity index (χ2v) is 6.74. The highest BCUT2D eigenvalue weighted by molar-refractivity contribution is 5.79. The van der Waals surface area contributed by atoms with Crippen molar-refractivity contribution in [3.05, 3.63) is 41.5 Å². The molecule has 0 saturated heterocycles. The first-order chi connectivity index (χ1) is 13.0. The molecule has 1 aromatic carbocycles. The van der Waals surface area contributed by atoms with Crippen molar-refractivity contribution >= 4 is 5.96 Å². The van der Waals surface area contributed by atoms with Crippen LogP contribution in [0.2, 0.25) is 0 Å². The van der Waals surface area contributed by atoms with Gasteiger partial charge in [0.05, 0.1) is 7.11 Å². The second-order valence-electron chi connectivity index (χ2n) is 6.74. The third-order valence-corrected chi connectivity index (χ3v) is 4.09. The molecule has 0 spiro atoms. The topological polar surface area (TPSA) is 75.8 Å². The molecule has 0 atom stereocenters. The number of guanidine groups is 1. The van der Waals surface area contributed by atoms with Gasteiger partial charge in [0, 0.05) is 39.0 Å². The molecule has 2 rings (SSSR count). The first kappa shape index (κ1) is 20.7. The van der Waals surface area contributed by atoms with Crippen molar-refractivity contribution in [1.29, 1.82) is 0 Å². The van der Waals surface area contributed by atoms with E-state index in [0.29, 0.717) is 12.4 Å². The maximum absolute atomic E-state index is 5.28. The van der Waals surface area contributed by atoms with E-state index in [4.69, 9.17) is 14.3 Å². The third-order valence-electron chi connectivity index (χ3n) is 4.09. The zero-order valence-corrected chi connectivity index (χ0v) is 17.0. The van der Waals surface area contributed by atoms with Crippen molar-refractivity contribution in [3.8, 4) is 5.75 Å². The van der Waals surface area contributed by atoms with E-state index in [0.717, 1.165) is 43.5 Å². The van der Waals surface area contributed by atoms with Crippen molar-refractivity contribution in [1.82, 2.24) is 20.4 Å². The van der Waals surface area contributed by atoms with Crippen molar-refractivity contribution in [2.24, 2.45) is 4.99 Å². The minimum Gasteiger partial charge on any atom is -0.497 e. The molecule has 0 aliphatic rings. The molecule has 0 aliphatic carbocycles. The normalized spacial score (nSPS) is 11.7. The summed E-state index contributed by atoms with van der Waals surface area (Å²) in [6, 6.07) is 8.09. The van der Waals surface area contributed by atoms with Crippen molar-refractivity contribution in [2.45, 2.75) is 46.1 Å². The summed E-state index contributed by atoms with van der Waals surface area (Å²) in [4.78, 5) is 11.2. The molecule has 7 nitrogen and oxygen atoms in total. The number of nitrogens with zero attached hydrogens (tertiary/aromatic N) is 4. The summed E-state index contributed by atoms with van der Waals surface area (Å²) < 4.78 is 10.5. The number of benzene rings is 1. The lowest BCUT2D eigenvalue weighted by atomic mass is 10.2. The average Bonchev–Trinajstić information content (AvgIpc) is 3.14. The van der Waals surface area contributed by atoms with Gasteiger partial charge in [-0.2, -0.15) is 4.98 Å². The number of aliphatic imine (C=N–C) groups is 1. The second kappa shape index (κ2) is 10.5. The number of hydrogen-bond donors (Lipinski definition) is 1. The molecule has 0 amide bonds. The fraction of sp³-hybridized carbons (Fsp3) is 0.550. The van der Waals surface area contributed by atoms with Gasteiger partial charge in [0.25, 0.3) is 0 Å². The zero-order valence-electron chi connectivity index (χ0n) is 17.0. The van der Waals surface area contributed by atoms with Crippen LogP contribution in [0, 0.1) is 0 Å². The number of hydrogen-bond acceptors (Lipinski definition) is 5. The lowest BCUT2D eigenvalue weighted by Gasteiger charge is -2.22. The smallest absolute Gasteiger partial charge is 0.226 e. The predicted octanol–water partition coefficient (Wildman–Crippen LogP) is 3.23. The van der Waals surface area contributed by atoms with Gasteiger partial charge >= 0.3 is 0 Å². The summed E-state index contributed by atoms with van der Waals surface area (Å²) in [6.07, 6.45) is 1.61. The van der Waals surface area contributed by atoms with Gasteiger partial charge in [0.1, 0.15) is 5.75 Å². The van der Waals surface area contributed by atoms with E-state index in [1.54, 1.807) is 7.11 Å². The molecule has 7 heteroatoms. The van der Waals surface area contributed by atoms with Gasteiger partial charge in [-0.15, -0.1) is 0 Å². The summed E-state index contributed by atoms with van der Waals surface area (Å²) in [7, 11) is 3.72. The van der Waals surface area contributed by atoms with Crippen LogP contribution >= 0.6 is 0 Å². The number of nitrogens with one attached hydrogen (secondary N) is 1. The van der Waals surface area contributed by atoms with Gasteiger partial charge in [-0.1, -0.05) is 31.1 Å². The molecular weight excluding hydrogens is 342 g/mol. The molecule has 0 bridgehead atoms. The van der Waals surface area contributed by atoms with Crippen LogP contribution < -0.4 is 10.1 Å². The summed E-state index contributed by atoms with van der Waals surface area (Å²) >= 11 is 0. The van der Waals surface area contributed by atoms with Crippen LogP contribution in [0.15, 0.2) is 33.8 Å². The lowest BCUT2D eigenvalue weighted by molar-refractivity contribution is 0.369. The number of ether oxygens (including phenoxy) is 1. The highest BCUT2D eigenvalue weighted by Gasteiger charge is 2.10. The van der Waals surface area contributed by atoms with Gasteiger partial charge in [0.15, 0.2) is 11.8 Å². The fourth-order valence-corrected chi connectivity index (χ4v) is 2.57. The first-order valence-electron chi connectivity index (χ1n) is 9.48. The molecule has 1 heterocycles. The van der Waals surface area contributed by atoms with Crippen molar-refractivity contribution in [3.63, 3.8) is 0 Å². The van der Waals surface area contributed by atoms with Crippen LogP contribution in [0.25, 0.3) is 0 Å². The van der Waals surface area contributed by atoms with Crippen LogP contribution in [0.4, 0.5) is 0 Å². The summed E-state index contributed by atoms with van der Waals surface area (Å²) in [5.41, 5.74) is 1.20. The van der Waals surface area contributed by atoms with E-state index in [9.17, 15) is 0 Å². The van der Waals surface area contributed by atoms with Crippen molar-refractivity contribution < 1.29 is 9.26 Å². The van der Waals surface area contributed by atoms with Gasteiger partial charge in [0.2, 0.25) is 5.89 Å². The quantitative estimate of drug-likeness (QED) is 0.413. The van der Waals surface area contributed by atoms with Gasteiger partial charge in [-0.3, -0.25) is 4.99 Å². The minimum atomic E-state index is 0.285. The molecule has 1 aromatic heterocycles. The number of methoxy groups -OCH3 is 1. The minimum absolute atomic E-state index is 0.285. The molecule has 0 aliphatic heterocycles. The Morgan fingerprint density at radius 2 is 2.04 bits per heavy atom. The Kier molecular flexibility index (Phi) is 8.10. The van der Waals surface area contributed by atoms with Gasteiger partial charge in [-0.05, 0) is 31.0 Å². The maximum Gasteiger partial charge on any atom is 0.226 e. The van der Waals surface area contributed by atoms with Crippen molar-refractivity contribution in [2.75, 3.05) is 27.2 Å². The highest BCUT2D eigenvalue weighted by Crippen LogP contribution is 2.13. The summed E-state index contributed by atoms with van der Waals surface area (Å²) in [5, 5.41) is 7.34. The predicted molar refractivity (Wildman–Crippen MR) is 107 cm³/mol. The Balaban J connectivity index is 1.87. The molecule has 0 saturated carbocycles. The average molecular weight is 374 g/mol. The summed E-state index contributed by atoms with van der Waals surface area (Å²) in [6.45, 7) is 8.49. The molecule has 27 heavy (non-hydrogen) atoms. The van der Waals surface area contributed by atoms with Crippen LogP contribution in [-0.2, 0) is 13.0 Å². The number of aromatic nitrogens is 2. The largest absolute Gasteiger partial charge is 0.497 e. The Bertz CT molecular complexity index is 709. The lowest BCUT2D eigenvalue weighted by Crippen LogP contribution is -2.38. The number of aryl methyl sites for hydroxylation is 1. The van der Waals surface area contributed by atoms with E-state index in [1.165, 1.54) is 5.56 Å². The molecule has 0 radical (unpaired) electrons. The molecular formula is C20H31N5O2. The molecule has 0 fully saturated rings. The Morgan fingerprint density at radius 3 is 2.63 bits per heavy atom. The fourth-order valence-electron chi connectivity index (χ4n) is 2.57. The Hall–Kier alpha value is -2.57. The zero-order chi connectivity index (χ0) is 19.6. The van der Waals surface area contributed by atoms with E-state index in [1.807, 2.05) is 19.2 Å². The van der Waals surface area contributed by atoms with Crippen LogP contribution in [-0.4, -0.2) is 48.2 Å². The Labute approximate surface area is 161 Å². The molecule has 1 N–H and O–H groups in total. The SMILES string of the molecule is CCNC(=NCCCc1nc(C(C)C)no1)N(C)Cc1ccc(OC)cc1. The van der Waals surface area contributed by atoms with Crippen LogP contribution in [0.1, 0.15) is 50.4 Å². The number of rotatable bonds is 9. The molecule has 148 valence electrons. The van der Waals surface area contributed by atoms with Gasteiger partial charge in [-0.25, -0.2) is 0 Å². The Morgan fingerprint density at radius 1 is 1.30 bits per heavy atom. The maximum atomic E-state index is 5.28. The summed E-state index contributed by atoms with van der Waals surface area (Å²) in [5.74, 6) is 3.49. The third kappa shape index (κ3) is 6.58. The highest BCUT2D eigenvalue weighted by atomic mass is 16.5. The van der Waals surface area contributed by atoms with Crippen LogP contribution in [0.3, 0.4) is 0 Å². The molecule has 0 unspecified atom stereocenters. The van der Waals surface area contributed by atoms with E-state index in [2.05, 4.69) is 53.3 Å². The molecule has 2 aromatic rings.